The Balaban J connectivity index is 2.50. The average molecular weight is 297 g/mol. The molecule has 0 aromatic carbocycles. The number of nitrogen functional groups attached to an aromatic ring is 1. The zero-order valence-corrected chi connectivity index (χ0v) is 12.0. The molecule has 0 bridgehead atoms. The Labute approximate surface area is 109 Å². The van der Waals surface area contributed by atoms with Crippen molar-refractivity contribution in [3.8, 4) is 0 Å². The van der Waals surface area contributed by atoms with Crippen molar-refractivity contribution in [3.63, 3.8) is 0 Å². The minimum atomic E-state index is 0.191. The predicted molar refractivity (Wildman–Crippen MR) is 73.7 cm³/mol. The molecule has 0 aliphatic carbocycles. The molecule has 0 saturated carbocycles. The van der Waals surface area contributed by atoms with E-state index >= 15 is 0 Å². The number of pyridine rings is 1. The minimum absolute atomic E-state index is 0.191. The maximum Gasteiger partial charge on any atom is 0.202 e. The van der Waals surface area contributed by atoms with Crippen LogP contribution in [0.3, 0.4) is 0 Å². The number of nitrogens with two attached hydrogens (primary N) is 1. The number of rotatable bonds is 3. The van der Waals surface area contributed by atoms with E-state index in [1.165, 1.54) is 0 Å². The lowest BCUT2D eigenvalue weighted by Gasteiger charge is -2.23. The van der Waals surface area contributed by atoms with Crippen LogP contribution in [-0.4, -0.2) is 14.5 Å². The lowest BCUT2D eigenvalue weighted by Crippen LogP contribution is -2.20. The summed E-state index contributed by atoms with van der Waals surface area (Å²) in [5, 5.41) is 0. The van der Waals surface area contributed by atoms with Crippen LogP contribution in [0.25, 0.3) is 11.2 Å². The van der Waals surface area contributed by atoms with E-state index in [0.717, 1.165) is 28.6 Å². The molecule has 4 nitrogen and oxygen atoms in total. The second-order valence-corrected chi connectivity index (χ2v) is 5.99. The van der Waals surface area contributed by atoms with Crippen LogP contribution < -0.4 is 5.73 Å². The van der Waals surface area contributed by atoms with Crippen molar-refractivity contribution in [3.05, 3.63) is 16.7 Å². The molecular formula is C12H17BrN4. The Bertz CT molecular complexity index is 545. The second-order valence-electron chi connectivity index (χ2n) is 5.07. The van der Waals surface area contributed by atoms with Crippen LogP contribution in [0.2, 0.25) is 0 Å². The zero-order valence-electron chi connectivity index (χ0n) is 10.4. The van der Waals surface area contributed by atoms with Gasteiger partial charge in [-0.1, -0.05) is 20.8 Å². The molecule has 0 saturated heterocycles. The van der Waals surface area contributed by atoms with E-state index in [1.807, 2.05) is 10.6 Å². The molecule has 0 unspecified atom stereocenters. The average Bonchev–Trinajstić information content (AvgIpc) is 2.54. The molecule has 0 amide bonds. The zero-order chi connectivity index (χ0) is 12.6. The van der Waals surface area contributed by atoms with Crippen molar-refractivity contribution >= 4 is 33.0 Å². The monoisotopic (exact) mass is 296 g/mol. The van der Waals surface area contributed by atoms with Gasteiger partial charge in [-0.25, -0.2) is 9.97 Å². The third-order valence-electron chi connectivity index (χ3n) is 3.12. The number of hydrogen-bond donors (Lipinski definition) is 1. The maximum absolute atomic E-state index is 5.96. The van der Waals surface area contributed by atoms with Gasteiger partial charge in [-0.3, -0.25) is 4.57 Å². The van der Waals surface area contributed by atoms with Gasteiger partial charge >= 0.3 is 0 Å². The van der Waals surface area contributed by atoms with Crippen LogP contribution in [0.15, 0.2) is 16.7 Å². The van der Waals surface area contributed by atoms with Crippen molar-refractivity contribution in [2.24, 2.45) is 5.41 Å². The van der Waals surface area contributed by atoms with Crippen LogP contribution in [0.4, 0.5) is 5.95 Å². The number of nitrogens with zero attached hydrogens (tertiary/aromatic N) is 3. The number of fused-ring (bicyclic) bond motifs is 1. The van der Waals surface area contributed by atoms with Crippen molar-refractivity contribution in [1.29, 1.82) is 0 Å². The van der Waals surface area contributed by atoms with Crippen molar-refractivity contribution in [2.45, 2.75) is 33.7 Å². The Morgan fingerprint density at radius 2 is 2.18 bits per heavy atom. The van der Waals surface area contributed by atoms with Crippen LogP contribution in [0.1, 0.15) is 27.2 Å². The van der Waals surface area contributed by atoms with Crippen molar-refractivity contribution in [1.82, 2.24) is 14.5 Å². The highest BCUT2D eigenvalue weighted by Gasteiger charge is 2.20. The van der Waals surface area contributed by atoms with Gasteiger partial charge in [0.25, 0.3) is 0 Å². The van der Waals surface area contributed by atoms with Crippen LogP contribution in [-0.2, 0) is 6.54 Å². The Kier molecular flexibility index (Phi) is 3.12. The van der Waals surface area contributed by atoms with E-state index in [-0.39, 0.29) is 5.41 Å². The van der Waals surface area contributed by atoms with E-state index in [1.54, 1.807) is 6.20 Å². The smallest absolute Gasteiger partial charge is 0.202 e. The largest absolute Gasteiger partial charge is 0.369 e. The van der Waals surface area contributed by atoms with Crippen molar-refractivity contribution < 1.29 is 0 Å². The molecule has 2 rings (SSSR count). The fraction of sp³-hybridized carbons (Fsp3) is 0.500. The quantitative estimate of drug-likeness (QED) is 0.946. The summed E-state index contributed by atoms with van der Waals surface area (Å²) in [6, 6.07) is 1.94. The number of hydrogen-bond acceptors (Lipinski definition) is 3. The summed E-state index contributed by atoms with van der Waals surface area (Å²) in [6.45, 7) is 7.45. The molecule has 0 fully saturated rings. The molecule has 2 heterocycles. The van der Waals surface area contributed by atoms with Gasteiger partial charge in [0.1, 0.15) is 5.52 Å². The molecule has 2 N–H and O–H groups in total. The van der Waals surface area contributed by atoms with Gasteiger partial charge in [-0.2, -0.15) is 0 Å². The summed E-state index contributed by atoms with van der Waals surface area (Å²) >= 11 is 3.39. The molecule has 2 aromatic rings. The van der Waals surface area contributed by atoms with Gasteiger partial charge in [-0.05, 0) is 33.8 Å². The standard InChI is InChI=1S/C12H17BrN4/c1-4-12(2,3)7-17-10-9(16-11(17)14)5-8(13)6-15-10/h5-6H,4,7H2,1-3H3,(H2,14,16). The third-order valence-corrected chi connectivity index (χ3v) is 3.56. The van der Waals surface area contributed by atoms with E-state index in [2.05, 4.69) is 46.7 Å². The number of aromatic nitrogens is 3. The molecule has 0 aliphatic rings. The van der Waals surface area contributed by atoms with Crippen LogP contribution in [0.5, 0.6) is 0 Å². The number of halogens is 1. The molecule has 92 valence electrons. The van der Waals surface area contributed by atoms with Gasteiger partial charge in [0.15, 0.2) is 5.65 Å². The topological polar surface area (TPSA) is 56.7 Å². The molecule has 2 aromatic heterocycles. The molecule has 17 heavy (non-hydrogen) atoms. The highest BCUT2D eigenvalue weighted by molar-refractivity contribution is 9.10. The molecule has 0 spiro atoms. The fourth-order valence-electron chi connectivity index (χ4n) is 1.70. The first-order chi connectivity index (χ1) is 7.93. The summed E-state index contributed by atoms with van der Waals surface area (Å²) < 4.78 is 2.91. The van der Waals surface area contributed by atoms with Gasteiger partial charge in [-0.15, -0.1) is 0 Å². The first-order valence-electron chi connectivity index (χ1n) is 5.70. The lowest BCUT2D eigenvalue weighted by molar-refractivity contribution is 0.299. The Hall–Kier alpha value is -1.10. The molecule has 5 heteroatoms. The second kappa shape index (κ2) is 4.29. The summed E-state index contributed by atoms with van der Waals surface area (Å²) in [5.74, 6) is 0.534. The SMILES string of the molecule is CCC(C)(C)Cn1c(N)nc2cc(Br)cnc21. The first-order valence-corrected chi connectivity index (χ1v) is 6.49. The minimum Gasteiger partial charge on any atom is -0.369 e. The number of imidazole rings is 1. The van der Waals surface area contributed by atoms with Crippen LogP contribution >= 0.6 is 15.9 Å². The Morgan fingerprint density at radius 1 is 1.47 bits per heavy atom. The molecular weight excluding hydrogens is 280 g/mol. The van der Waals surface area contributed by atoms with Gasteiger partial charge in [0, 0.05) is 17.2 Å². The predicted octanol–water partition coefficient (Wildman–Crippen LogP) is 3.21. The van der Waals surface area contributed by atoms with Crippen molar-refractivity contribution in [2.75, 3.05) is 5.73 Å². The van der Waals surface area contributed by atoms with E-state index in [0.29, 0.717) is 5.95 Å². The third kappa shape index (κ3) is 2.44. The van der Waals surface area contributed by atoms with Crippen LogP contribution in [0, 0.1) is 5.41 Å². The molecule has 0 aliphatic heterocycles. The van der Waals surface area contributed by atoms with E-state index < -0.39 is 0 Å². The van der Waals surface area contributed by atoms with E-state index in [4.69, 9.17) is 5.73 Å². The lowest BCUT2D eigenvalue weighted by atomic mass is 9.90. The Morgan fingerprint density at radius 3 is 2.82 bits per heavy atom. The summed E-state index contributed by atoms with van der Waals surface area (Å²) in [6.07, 6.45) is 2.86. The maximum atomic E-state index is 5.96. The molecule has 0 radical (unpaired) electrons. The normalized spacial score (nSPS) is 12.2. The van der Waals surface area contributed by atoms with Gasteiger partial charge in [0.05, 0.1) is 0 Å². The fourth-order valence-corrected chi connectivity index (χ4v) is 2.02. The summed E-state index contributed by atoms with van der Waals surface area (Å²) in [4.78, 5) is 8.73. The highest BCUT2D eigenvalue weighted by atomic mass is 79.9. The highest BCUT2D eigenvalue weighted by Crippen LogP contribution is 2.27. The summed E-state index contributed by atoms with van der Waals surface area (Å²) in [7, 11) is 0. The van der Waals surface area contributed by atoms with E-state index in [9.17, 15) is 0 Å². The molecule has 0 atom stereocenters. The first kappa shape index (κ1) is 12.4. The van der Waals surface area contributed by atoms with Gasteiger partial charge in [0.2, 0.25) is 5.95 Å². The van der Waals surface area contributed by atoms with Gasteiger partial charge < -0.3 is 5.73 Å². The summed E-state index contributed by atoms with van der Waals surface area (Å²) in [5.41, 5.74) is 7.84. The number of anilines is 1.